The minimum Gasteiger partial charge on any atom is -0.351 e. The molecule has 4 heteroatoms. The van der Waals surface area contributed by atoms with E-state index in [4.69, 9.17) is 0 Å². The molecule has 0 radical (unpaired) electrons. The second-order valence-corrected chi connectivity index (χ2v) is 6.30. The number of amides is 1. The molecule has 1 fully saturated rings. The van der Waals surface area contributed by atoms with Crippen molar-refractivity contribution in [3.05, 3.63) is 53.3 Å². The first-order chi connectivity index (χ1) is 10.6. The number of hydrogen-bond donors (Lipinski definition) is 1. The van der Waals surface area contributed by atoms with Gasteiger partial charge in [-0.3, -0.25) is 9.48 Å². The van der Waals surface area contributed by atoms with Crippen LogP contribution in [0.3, 0.4) is 0 Å². The second kappa shape index (κ2) is 5.95. The molecule has 0 bridgehead atoms. The Morgan fingerprint density at radius 3 is 2.55 bits per heavy atom. The van der Waals surface area contributed by atoms with Gasteiger partial charge < -0.3 is 5.32 Å². The average Bonchev–Trinajstić information content (AvgIpc) is 3.15. The van der Waals surface area contributed by atoms with Crippen LogP contribution in [0, 0.1) is 6.92 Å². The second-order valence-electron chi connectivity index (χ2n) is 6.30. The lowest BCUT2D eigenvalue weighted by atomic mass is 9.79. The summed E-state index contributed by atoms with van der Waals surface area (Å²) < 4.78 is 1.73. The van der Waals surface area contributed by atoms with E-state index in [-0.39, 0.29) is 11.3 Å². The Bertz CT molecular complexity index is 654. The minimum absolute atomic E-state index is 0.0205. The number of rotatable bonds is 4. The predicted octanol–water partition coefficient (Wildman–Crippen LogP) is 2.97. The highest BCUT2D eigenvalue weighted by atomic mass is 16.1. The quantitative estimate of drug-likeness (QED) is 0.943. The van der Waals surface area contributed by atoms with Gasteiger partial charge in [0.15, 0.2) is 0 Å². The Morgan fingerprint density at radius 2 is 1.95 bits per heavy atom. The van der Waals surface area contributed by atoms with Crippen molar-refractivity contribution >= 4 is 5.91 Å². The van der Waals surface area contributed by atoms with E-state index in [1.165, 1.54) is 18.4 Å². The van der Waals surface area contributed by atoms with Crippen LogP contribution in [0.1, 0.15) is 47.3 Å². The third-order valence-corrected chi connectivity index (χ3v) is 5.01. The summed E-state index contributed by atoms with van der Waals surface area (Å²) >= 11 is 0. The number of benzene rings is 1. The number of nitrogens with zero attached hydrogens (tertiary/aromatic N) is 2. The molecule has 1 aromatic carbocycles. The molecule has 1 aliphatic rings. The first-order valence-corrected chi connectivity index (χ1v) is 7.95. The van der Waals surface area contributed by atoms with Gasteiger partial charge in [-0.1, -0.05) is 43.2 Å². The van der Waals surface area contributed by atoms with Crippen LogP contribution >= 0.6 is 0 Å². The van der Waals surface area contributed by atoms with Crippen LogP contribution in [0.4, 0.5) is 0 Å². The van der Waals surface area contributed by atoms with Crippen molar-refractivity contribution in [3.8, 4) is 0 Å². The van der Waals surface area contributed by atoms with Gasteiger partial charge in [-0.25, -0.2) is 0 Å². The zero-order valence-corrected chi connectivity index (χ0v) is 13.3. The van der Waals surface area contributed by atoms with E-state index in [0.29, 0.717) is 12.1 Å². The molecule has 0 unspecified atom stereocenters. The molecule has 1 amide bonds. The molecule has 116 valence electrons. The molecular formula is C18H23N3O. The molecule has 0 spiro atoms. The maximum absolute atomic E-state index is 12.4. The highest BCUT2D eigenvalue weighted by molar-refractivity contribution is 5.95. The molecule has 0 aliphatic heterocycles. The normalized spacial score (nSPS) is 16.6. The fraction of sp³-hybridized carbons (Fsp3) is 0.444. The molecule has 0 saturated heterocycles. The summed E-state index contributed by atoms with van der Waals surface area (Å²) in [5.74, 6) is -0.0205. The standard InChI is InChI=1S/C18H23N3O/c1-14-16(12-20-21(14)2)17(22)19-13-18(10-6-7-11-18)15-8-4-3-5-9-15/h3-5,8-9,12H,6-7,10-11,13H2,1-2H3,(H,19,22). The van der Waals surface area contributed by atoms with E-state index in [0.717, 1.165) is 18.5 Å². The molecule has 3 rings (SSSR count). The summed E-state index contributed by atoms with van der Waals surface area (Å²) in [6.07, 6.45) is 6.40. The fourth-order valence-corrected chi connectivity index (χ4v) is 3.48. The number of hydrogen-bond acceptors (Lipinski definition) is 2. The summed E-state index contributed by atoms with van der Waals surface area (Å²) in [6, 6.07) is 10.6. The zero-order valence-electron chi connectivity index (χ0n) is 13.3. The third-order valence-electron chi connectivity index (χ3n) is 5.01. The lowest BCUT2D eigenvalue weighted by molar-refractivity contribution is 0.0942. The number of carbonyl (C=O) groups is 1. The Morgan fingerprint density at radius 1 is 1.27 bits per heavy atom. The van der Waals surface area contributed by atoms with Crippen LogP contribution in [0.25, 0.3) is 0 Å². The largest absolute Gasteiger partial charge is 0.351 e. The minimum atomic E-state index is -0.0205. The lowest BCUT2D eigenvalue weighted by Crippen LogP contribution is -2.39. The van der Waals surface area contributed by atoms with Gasteiger partial charge in [-0.15, -0.1) is 0 Å². The number of carbonyl (C=O) groups excluding carboxylic acids is 1. The molecular weight excluding hydrogens is 274 g/mol. The van der Waals surface area contributed by atoms with Gasteiger partial charge in [-0.2, -0.15) is 5.10 Å². The molecule has 1 saturated carbocycles. The fourth-order valence-electron chi connectivity index (χ4n) is 3.48. The van der Waals surface area contributed by atoms with Crippen molar-refractivity contribution in [2.75, 3.05) is 6.54 Å². The van der Waals surface area contributed by atoms with E-state index < -0.39 is 0 Å². The van der Waals surface area contributed by atoms with E-state index in [9.17, 15) is 4.79 Å². The maximum atomic E-state index is 12.4. The van der Waals surface area contributed by atoms with E-state index in [1.807, 2.05) is 20.0 Å². The summed E-state index contributed by atoms with van der Waals surface area (Å²) in [4.78, 5) is 12.4. The van der Waals surface area contributed by atoms with Crippen molar-refractivity contribution in [3.63, 3.8) is 0 Å². The van der Waals surface area contributed by atoms with Crippen molar-refractivity contribution in [2.45, 2.75) is 38.0 Å². The molecule has 4 nitrogen and oxygen atoms in total. The van der Waals surface area contributed by atoms with Gasteiger partial charge in [-0.05, 0) is 25.3 Å². The van der Waals surface area contributed by atoms with Crippen molar-refractivity contribution in [1.29, 1.82) is 0 Å². The monoisotopic (exact) mass is 297 g/mol. The number of aromatic nitrogens is 2. The molecule has 0 atom stereocenters. The molecule has 1 aromatic heterocycles. The van der Waals surface area contributed by atoms with E-state index >= 15 is 0 Å². The average molecular weight is 297 g/mol. The van der Waals surface area contributed by atoms with Gasteiger partial charge in [0, 0.05) is 24.7 Å². The van der Waals surface area contributed by atoms with E-state index in [2.05, 4.69) is 34.7 Å². The Hall–Kier alpha value is -2.10. The van der Waals surface area contributed by atoms with Crippen LogP contribution in [0.5, 0.6) is 0 Å². The summed E-state index contributed by atoms with van der Waals surface area (Å²) in [7, 11) is 1.86. The highest BCUT2D eigenvalue weighted by Crippen LogP contribution is 2.40. The SMILES string of the molecule is Cc1c(C(=O)NCC2(c3ccccc3)CCCC2)cnn1C. The zero-order chi connectivity index (χ0) is 15.6. The molecule has 1 heterocycles. The van der Waals surface area contributed by atoms with E-state index in [1.54, 1.807) is 10.9 Å². The van der Waals surface area contributed by atoms with Gasteiger partial charge in [0.25, 0.3) is 5.91 Å². The van der Waals surface area contributed by atoms with Crippen LogP contribution in [-0.4, -0.2) is 22.2 Å². The third kappa shape index (κ3) is 2.65. The topological polar surface area (TPSA) is 46.9 Å². The first kappa shape index (κ1) is 14.8. The highest BCUT2D eigenvalue weighted by Gasteiger charge is 2.35. The van der Waals surface area contributed by atoms with Gasteiger partial charge in [0.2, 0.25) is 0 Å². The van der Waals surface area contributed by atoms with Crippen molar-refractivity contribution in [1.82, 2.24) is 15.1 Å². The summed E-state index contributed by atoms with van der Waals surface area (Å²) in [6.45, 7) is 2.62. The maximum Gasteiger partial charge on any atom is 0.254 e. The first-order valence-electron chi connectivity index (χ1n) is 7.95. The smallest absolute Gasteiger partial charge is 0.254 e. The lowest BCUT2D eigenvalue weighted by Gasteiger charge is -2.30. The van der Waals surface area contributed by atoms with Gasteiger partial charge in [0.1, 0.15) is 0 Å². The van der Waals surface area contributed by atoms with Gasteiger partial charge in [0.05, 0.1) is 11.8 Å². The van der Waals surface area contributed by atoms with Crippen molar-refractivity contribution < 1.29 is 4.79 Å². The van der Waals surface area contributed by atoms with Crippen LogP contribution in [0.15, 0.2) is 36.5 Å². The Balaban J connectivity index is 1.76. The molecule has 1 aliphatic carbocycles. The van der Waals surface area contributed by atoms with Crippen LogP contribution in [0.2, 0.25) is 0 Å². The van der Waals surface area contributed by atoms with Crippen LogP contribution in [-0.2, 0) is 12.5 Å². The molecule has 1 N–H and O–H groups in total. The number of nitrogens with one attached hydrogen (secondary N) is 1. The predicted molar refractivity (Wildman–Crippen MR) is 86.9 cm³/mol. The summed E-state index contributed by atoms with van der Waals surface area (Å²) in [5.41, 5.74) is 3.00. The Labute approximate surface area is 131 Å². The molecule has 2 aromatic rings. The number of aryl methyl sites for hydroxylation is 1. The van der Waals surface area contributed by atoms with Crippen LogP contribution < -0.4 is 5.32 Å². The Kier molecular flexibility index (Phi) is 4.01. The summed E-state index contributed by atoms with van der Waals surface area (Å²) in [5, 5.41) is 7.29. The van der Waals surface area contributed by atoms with Crippen molar-refractivity contribution in [2.24, 2.45) is 7.05 Å². The van der Waals surface area contributed by atoms with Gasteiger partial charge >= 0.3 is 0 Å². The molecule has 22 heavy (non-hydrogen) atoms.